The van der Waals surface area contributed by atoms with Crippen LogP contribution in [0, 0.1) is 25.1 Å². The van der Waals surface area contributed by atoms with Crippen molar-refractivity contribution in [3.05, 3.63) is 34.6 Å². The van der Waals surface area contributed by atoms with Gasteiger partial charge in [-0.25, -0.2) is 4.39 Å². The van der Waals surface area contributed by atoms with E-state index in [9.17, 15) is 4.39 Å². The summed E-state index contributed by atoms with van der Waals surface area (Å²) in [5.41, 5.74) is 3.12. The normalized spacial score (nSPS) is 20.3. The zero-order valence-electron chi connectivity index (χ0n) is 12.6. The Morgan fingerprint density at radius 3 is 2.32 bits per heavy atom. The molecule has 0 radical (unpaired) electrons. The molecule has 0 aliphatic heterocycles. The zero-order chi connectivity index (χ0) is 14.0. The molecule has 0 amide bonds. The summed E-state index contributed by atoms with van der Waals surface area (Å²) in [6.45, 7) is 6.30. The topological polar surface area (TPSA) is 12.0 Å². The van der Waals surface area contributed by atoms with Crippen LogP contribution in [0.25, 0.3) is 0 Å². The number of hydrogen-bond acceptors (Lipinski definition) is 1. The molecule has 2 rings (SSSR count). The Labute approximate surface area is 116 Å². The van der Waals surface area contributed by atoms with E-state index < -0.39 is 0 Å². The Balaban J connectivity index is 2.42. The van der Waals surface area contributed by atoms with E-state index in [1.54, 1.807) is 6.07 Å². The Morgan fingerprint density at radius 2 is 1.79 bits per heavy atom. The van der Waals surface area contributed by atoms with E-state index >= 15 is 0 Å². The van der Waals surface area contributed by atoms with Crippen molar-refractivity contribution in [3.63, 3.8) is 0 Å². The third-order valence-electron chi connectivity index (χ3n) is 4.75. The average Bonchev–Trinajstić information content (AvgIpc) is 2.34. The number of halogens is 1. The fraction of sp³-hybridized carbons (Fsp3) is 0.647. The zero-order valence-corrected chi connectivity index (χ0v) is 12.6. The van der Waals surface area contributed by atoms with Gasteiger partial charge in [-0.3, -0.25) is 0 Å². The van der Waals surface area contributed by atoms with Gasteiger partial charge in [-0.05, 0) is 56.3 Å². The Hall–Kier alpha value is -0.890. The molecule has 106 valence electrons. The lowest BCUT2D eigenvalue weighted by Crippen LogP contribution is -2.37. The third-order valence-corrected chi connectivity index (χ3v) is 4.75. The smallest absolute Gasteiger partial charge is 0.128 e. The lowest BCUT2D eigenvalue weighted by molar-refractivity contribution is 0.147. The van der Waals surface area contributed by atoms with Crippen molar-refractivity contribution >= 4 is 0 Å². The lowest BCUT2D eigenvalue weighted by Gasteiger charge is -2.41. The summed E-state index contributed by atoms with van der Waals surface area (Å²) in [6, 6.07) is 3.88. The highest BCUT2D eigenvalue weighted by Gasteiger charge is 2.37. The van der Waals surface area contributed by atoms with Gasteiger partial charge in [0.05, 0.1) is 0 Å². The van der Waals surface area contributed by atoms with Crippen LogP contribution in [0.2, 0.25) is 0 Å². The molecule has 1 unspecified atom stereocenters. The molecule has 1 saturated carbocycles. The molecule has 0 bridgehead atoms. The van der Waals surface area contributed by atoms with Crippen LogP contribution in [0.3, 0.4) is 0 Å². The van der Waals surface area contributed by atoms with Crippen LogP contribution in [0.1, 0.15) is 61.8 Å². The van der Waals surface area contributed by atoms with Crippen LogP contribution in [0.5, 0.6) is 0 Å². The van der Waals surface area contributed by atoms with Gasteiger partial charge >= 0.3 is 0 Å². The van der Waals surface area contributed by atoms with E-state index in [1.165, 1.54) is 32.1 Å². The molecule has 1 nitrogen and oxygen atoms in total. The number of hydrogen-bond donors (Lipinski definition) is 1. The van der Waals surface area contributed by atoms with Crippen molar-refractivity contribution in [3.8, 4) is 0 Å². The van der Waals surface area contributed by atoms with Gasteiger partial charge in [0.15, 0.2) is 0 Å². The molecule has 1 aromatic carbocycles. The molecule has 0 aromatic heterocycles. The van der Waals surface area contributed by atoms with E-state index in [0.29, 0.717) is 0 Å². The number of aryl methyl sites for hydroxylation is 2. The Bertz CT molecular complexity index is 424. The fourth-order valence-corrected chi connectivity index (χ4v) is 3.78. The molecule has 1 aliphatic carbocycles. The predicted octanol–water partition coefficient (Wildman–Crippen LogP) is 4.67. The second-order valence-electron chi connectivity index (χ2n) is 6.41. The van der Waals surface area contributed by atoms with E-state index in [2.05, 4.69) is 18.3 Å². The van der Waals surface area contributed by atoms with Gasteiger partial charge in [0.2, 0.25) is 0 Å². The molecule has 0 heterocycles. The molecule has 0 saturated heterocycles. The second-order valence-corrected chi connectivity index (χ2v) is 6.41. The van der Waals surface area contributed by atoms with Gasteiger partial charge < -0.3 is 5.32 Å². The highest BCUT2D eigenvalue weighted by Crippen LogP contribution is 2.46. The molecular weight excluding hydrogens is 237 g/mol. The van der Waals surface area contributed by atoms with Crippen LogP contribution in [-0.2, 0) is 0 Å². The van der Waals surface area contributed by atoms with Crippen LogP contribution in [0.15, 0.2) is 12.1 Å². The van der Waals surface area contributed by atoms with Gasteiger partial charge in [0.25, 0.3) is 0 Å². The first kappa shape index (κ1) is 14.5. The van der Waals surface area contributed by atoms with E-state index in [0.717, 1.165) is 16.7 Å². The summed E-state index contributed by atoms with van der Waals surface area (Å²) in [6.07, 6.45) is 6.22. The molecule has 0 spiro atoms. The van der Waals surface area contributed by atoms with Crippen molar-refractivity contribution in [2.45, 2.75) is 58.9 Å². The van der Waals surface area contributed by atoms with Crippen LogP contribution in [-0.4, -0.2) is 7.05 Å². The van der Waals surface area contributed by atoms with Gasteiger partial charge in [-0.1, -0.05) is 32.3 Å². The minimum Gasteiger partial charge on any atom is -0.312 e. The summed E-state index contributed by atoms with van der Waals surface area (Å²) >= 11 is 0. The quantitative estimate of drug-likeness (QED) is 0.835. The minimum absolute atomic E-state index is 0.0522. The van der Waals surface area contributed by atoms with E-state index in [4.69, 9.17) is 0 Å². The minimum atomic E-state index is -0.0522. The predicted molar refractivity (Wildman–Crippen MR) is 78.9 cm³/mol. The SMILES string of the molecule is CNC(c1c(C)cc(C)cc1F)C1(C)CCCCC1. The number of nitrogens with one attached hydrogen (secondary N) is 1. The summed E-state index contributed by atoms with van der Waals surface area (Å²) in [7, 11) is 1.96. The van der Waals surface area contributed by atoms with Crippen LogP contribution in [0.4, 0.5) is 4.39 Å². The average molecular weight is 263 g/mol. The third kappa shape index (κ3) is 2.84. The molecular formula is C17H26FN. The molecule has 1 fully saturated rings. The first-order chi connectivity index (χ1) is 8.98. The van der Waals surface area contributed by atoms with E-state index in [-0.39, 0.29) is 17.3 Å². The van der Waals surface area contributed by atoms with Gasteiger partial charge in [0, 0.05) is 11.6 Å². The molecule has 2 heteroatoms. The number of rotatable bonds is 3. The Morgan fingerprint density at radius 1 is 1.16 bits per heavy atom. The molecule has 1 N–H and O–H groups in total. The van der Waals surface area contributed by atoms with Gasteiger partial charge in [-0.2, -0.15) is 0 Å². The first-order valence-corrected chi connectivity index (χ1v) is 7.42. The summed E-state index contributed by atoms with van der Waals surface area (Å²) < 4.78 is 14.4. The molecule has 1 aliphatic rings. The maximum absolute atomic E-state index is 14.4. The summed E-state index contributed by atoms with van der Waals surface area (Å²) in [5.74, 6) is -0.0522. The number of benzene rings is 1. The molecule has 1 atom stereocenters. The van der Waals surface area contributed by atoms with Crippen molar-refractivity contribution in [2.24, 2.45) is 5.41 Å². The molecule has 19 heavy (non-hydrogen) atoms. The largest absolute Gasteiger partial charge is 0.312 e. The summed E-state index contributed by atoms with van der Waals surface area (Å²) in [5, 5.41) is 3.39. The Kier molecular flexibility index (Phi) is 4.29. The summed E-state index contributed by atoms with van der Waals surface area (Å²) in [4.78, 5) is 0. The van der Waals surface area contributed by atoms with Gasteiger partial charge in [0.1, 0.15) is 5.82 Å². The standard InChI is InChI=1S/C17H26FN/c1-12-10-13(2)15(14(18)11-12)16(19-4)17(3)8-6-5-7-9-17/h10-11,16,19H,5-9H2,1-4H3. The first-order valence-electron chi connectivity index (χ1n) is 7.42. The van der Waals surface area contributed by atoms with E-state index in [1.807, 2.05) is 20.9 Å². The van der Waals surface area contributed by atoms with Crippen molar-refractivity contribution in [2.75, 3.05) is 7.05 Å². The maximum atomic E-state index is 14.4. The molecule has 1 aromatic rings. The maximum Gasteiger partial charge on any atom is 0.128 e. The second kappa shape index (κ2) is 5.62. The monoisotopic (exact) mass is 263 g/mol. The van der Waals surface area contributed by atoms with Crippen molar-refractivity contribution in [1.29, 1.82) is 0 Å². The van der Waals surface area contributed by atoms with Gasteiger partial charge in [-0.15, -0.1) is 0 Å². The van der Waals surface area contributed by atoms with Crippen molar-refractivity contribution in [1.82, 2.24) is 5.32 Å². The van der Waals surface area contributed by atoms with Crippen LogP contribution < -0.4 is 5.32 Å². The van der Waals surface area contributed by atoms with Crippen molar-refractivity contribution < 1.29 is 4.39 Å². The highest BCUT2D eigenvalue weighted by molar-refractivity contribution is 5.35. The highest BCUT2D eigenvalue weighted by atomic mass is 19.1. The van der Waals surface area contributed by atoms with Crippen LogP contribution >= 0.6 is 0 Å². The lowest BCUT2D eigenvalue weighted by atomic mass is 9.68. The fourth-order valence-electron chi connectivity index (χ4n) is 3.78.